The molecule has 0 aliphatic heterocycles. The van der Waals surface area contributed by atoms with Crippen molar-refractivity contribution < 1.29 is 13.9 Å². The zero-order valence-corrected chi connectivity index (χ0v) is 8.94. The molecule has 0 spiro atoms. The van der Waals surface area contributed by atoms with E-state index in [4.69, 9.17) is 9.15 Å². The van der Waals surface area contributed by atoms with E-state index in [2.05, 4.69) is 0 Å². The Bertz CT molecular complexity index is 316. The van der Waals surface area contributed by atoms with Crippen LogP contribution in [0.3, 0.4) is 0 Å². The molecule has 1 saturated carbocycles. The van der Waals surface area contributed by atoms with Gasteiger partial charge in [0, 0.05) is 5.92 Å². The predicted molar refractivity (Wildman–Crippen MR) is 55.4 cm³/mol. The number of ether oxygens (including phenoxy) is 1. The molecule has 1 fully saturated rings. The van der Waals surface area contributed by atoms with Crippen molar-refractivity contribution >= 4 is 5.97 Å². The van der Waals surface area contributed by atoms with Crippen LogP contribution in [0.25, 0.3) is 0 Å². The van der Waals surface area contributed by atoms with Gasteiger partial charge in [0.1, 0.15) is 5.76 Å². The number of carbonyl (C=O) groups is 1. The average Bonchev–Trinajstić information content (AvgIpc) is 2.88. The fourth-order valence-corrected chi connectivity index (χ4v) is 2.33. The first-order chi connectivity index (χ1) is 7.33. The van der Waals surface area contributed by atoms with Crippen LogP contribution >= 0.6 is 0 Å². The maximum atomic E-state index is 11.7. The average molecular weight is 208 g/mol. The van der Waals surface area contributed by atoms with Gasteiger partial charge in [0.15, 0.2) is 0 Å². The van der Waals surface area contributed by atoms with E-state index in [0.29, 0.717) is 6.61 Å². The monoisotopic (exact) mass is 208 g/mol. The predicted octanol–water partition coefficient (Wildman–Crippen LogP) is 2.73. The maximum absolute atomic E-state index is 11.7. The molecule has 15 heavy (non-hydrogen) atoms. The quantitative estimate of drug-likeness (QED) is 0.717. The number of esters is 1. The molecule has 1 aromatic heterocycles. The van der Waals surface area contributed by atoms with Crippen LogP contribution in [0.2, 0.25) is 0 Å². The van der Waals surface area contributed by atoms with Crippen LogP contribution in [0.4, 0.5) is 0 Å². The van der Waals surface area contributed by atoms with E-state index in [-0.39, 0.29) is 17.8 Å². The van der Waals surface area contributed by atoms with Crippen LogP contribution in [0.5, 0.6) is 0 Å². The van der Waals surface area contributed by atoms with Gasteiger partial charge in [0.05, 0.1) is 18.8 Å². The molecule has 1 aliphatic carbocycles. The second-order valence-corrected chi connectivity index (χ2v) is 3.91. The summed E-state index contributed by atoms with van der Waals surface area (Å²) in [5.74, 6) is 1.07. The molecule has 2 rings (SSSR count). The van der Waals surface area contributed by atoms with Gasteiger partial charge in [0.25, 0.3) is 0 Å². The summed E-state index contributed by atoms with van der Waals surface area (Å²) < 4.78 is 10.4. The lowest BCUT2D eigenvalue weighted by molar-refractivity contribution is -0.148. The van der Waals surface area contributed by atoms with Gasteiger partial charge >= 0.3 is 5.97 Å². The lowest BCUT2D eigenvalue weighted by Gasteiger charge is -2.15. The first kappa shape index (κ1) is 10.3. The topological polar surface area (TPSA) is 39.4 Å². The zero-order chi connectivity index (χ0) is 10.7. The Morgan fingerprint density at radius 3 is 3.13 bits per heavy atom. The number of rotatable bonds is 3. The highest BCUT2D eigenvalue weighted by atomic mass is 16.5. The molecule has 3 heteroatoms. The van der Waals surface area contributed by atoms with Crippen molar-refractivity contribution in [3.05, 3.63) is 24.2 Å². The number of hydrogen-bond donors (Lipinski definition) is 0. The van der Waals surface area contributed by atoms with Gasteiger partial charge in [-0.3, -0.25) is 4.79 Å². The van der Waals surface area contributed by atoms with Crippen LogP contribution in [0.1, 0.15) is 37.9 Å². The van der Waals surface area contributed by atoms with Crippen molar-refractivity contribution in [3.8, 4) is 0 Å². The minimum absolute atomic E-state index is 0.00361. The van der Waals surface area contributed by atoms with Crippen molar-refractivity contribution in [3.63, 3.8) is 0 Å². The van der Waals surface area contributed by atoms with Gasteiger partial charge in [-0.15, -0.1) is 0 Å². The van der Waals surface area contributed by atoms with Crippen molar-refractivity contribution in [1.29, 1.82) is 0 Å². The van der Waals surface area contributed by atoms with Gasteiger partial charge < -0.3 is 9.15 Å². The molecular weight excluding hydrogens is 192 g/mol. The Labute approximate surface area is 89.4 Å². The second-order valence-electron chi connectivity index (χ2n) is 3.91. The molecular formula is C12H16O3. The highest BCUT2D eigenvalue weighted by Crippen LogP contribution is 2.40. The summed E-state index contributed by atoms with van der Waals surface area (Å²) in [5.41, 5.74) is 0. The molecule has 2 atom stereocenters. The second kappa shape index (κ2) is 4.51. The van der Waals surface area contributed by atoms with Crippen LogP contribution in [-0.4, -0.2) is 12.6 Å². The first-order valence-electron chi connectivity index (χ1n) is 5.53. The highest BCUT2D eigenvalue weighted by molar-refractivity contribution is 5.74. The van der Waals surface area contributed by atoms with Gasteiger partial charge in [-0.1, -0.05) is 6.42 Å². The summed E-state index contributed by atoms with van der Waals surface area (Å²) in [6.45, 7) is 2.30. The first-order valence-corrected chi connectivity index (χ1v) is 5.53. The van der Waals surface area contributed by atoms with Crippen molar-refractivity contribution in [1.82, 2.24) is 0 Å². The molecule has 0 aromatic carbocycles. The van der Waals surface area contributed by atoms with Gasteiger partial charge in [-0.2, -0.15) is 0 Å². The molecule has 0 amide bonds. The van der Waals surface area contributed by atoms with Gasteiger partial charge in [-0.05, 0) is 31.9 Å². The molecule has 1 aromatic rings. The van der Waals surface area contributed by atoms with E-state index in [1.165, 1.54) is 0 Å². The Morgan fingerprint density at radius 1 is 1.60 bits per heavy atom. The molecule has 0 N–H and O–H groups in total. The smallest absolute Gasteiger partial charge is 0.309 e. The Hall–Kier alpha value is -1.25. The third-order valence-electron chi connectivity index (χ3n) is 3.01. The maximum Gasteiger partial charge on any atom is 0.309 e. The number of carbonyl (C=O) groups excluding carboxylic acids is 1. The molecule has 2 unspecified atom stereocenters. The summed E-state index contributed by atoms with van der Waals surface area (Å²) in [6.07, 6.45) is 4.69. The lowest BCUT2D eigenvalue weighted by Crippen LogP contribution is -2.20. The summed E-state index contributed by atoms with van der Waals surface area (Å²) in [5, 5.41) is 0. The normalized spacial score (nSPS) is 25.4. The lowest BCUT2D eigenvalue weighted by atomic mass is 9.94. The summed E-state index contributed by atoms with van der Waals surface area (Å²) in [6, 6.07) is 3.82. The van der Waals surface area contributed by atoms with E-state index in [1.54, 1.807) is 6.26 Å². The van der Waals surface area contributed by atoms with Crippen LogP contribution in [-0.2, 0) is 9.53 Å². The minimum Gasteiger partial charge on any atom is -0.469 e. The zero-order valence-electron chi connectivity index (χ0n) is 8.94. The van der Waals surface area contributed by atoms with Crippen LogP contribution in [0.15, 0.2) is 22.8 Å². The standard InChI is InChI=1S/C12H16O3/c1-2-14-12(13)10-6-3-5-9(10)11-7-4-8-15-11/h4,7-10H,2-3,5-6H2,1H3. The van der Waals surface area contributed by atoms with Gasteiger partial charge in [0.2, 0.25) is 0 Å². The van der Waals surface area contributed by atoms with Crippen LogP contribution < -0.4 is 0 Å². The number of hydrogen-bond acceptors (Lipinski definition) is 3. The minimum atomic E-state index is -0.0728. The highest BCUT2D eigenvalue weighted by Gasteiger charge is 2.36. The molecule has 82 valence electrons. The molecule has 1 heterocycles. The summed E-state index contributed by atoms with van der Waals surface area (Å²) in [4.78, 5) is 11.7. The Balaban J connectivity index is 2.08. The number of furan rings is 1. The van der Waals surface area contributed by atoms with Crippen molar-refractivity contribution in [2.45, 2.75) is 32.1 Å². The molecule has 0 radical (unpaired) electrons. The molecule has 0 bridgehead atoms. The van der Waals surface area contributed by atoms with E-state index >= 15 is 0 Å². The fraction of sp³-hybridized carbons (Fsp3) is 0.583. The Morgan fingerprint density at radius 2 is 2.47 bits per heavy atom. The van der Waals surface area contributed by atoms with E-state index in [1.807, 2.05) is 19.1 Å². The molecule has 1 aliphatic rings. The summed E-state index contributed by atoms with van der Waals surface area (Å²) >= 11 is 0. The van der Waals surface area contributed by atoms with Crippen LogP contribution in [0, 0.1) is 5.92 Å². The van der Waals surface area contributed by atoms with E-state index < -0.39 is 0 Å². The molecule has 3 nitrogen and oxygen atoms in total. The Kier molecular flexibility index (Phi) is 3.09. The van der Waals surface area contributed by atoms with E-state index in [9.17, 15) is 4.79 Å². The summed E-state index contributed by atoms with van der Waals surface area (Å²) in [7, 11) is 0. The van der Waals surface area contributed by atoms with Crippen molar-refractivity contribution in [2.24, 2.45) is 5.92 Å². The fourth-order valence-electron chi connectivity index (χ4n) is 2.33. The SMILES string of the molecule is CCOC(=O)C1CCCC1c1ccco1. The van der Waals surface area contributed by atoms with Crippen molar-refractivity contribution in [2.75, 3.05) is 6.61 Å². The van der Waals surface area contributed by atoms with E-state index in [0.717, 1.165) is 25.0 Å². The molecule has 0 saturated heterocycles. The largest absolute Gasteiger partial charge is 0.469 e. The third kappa shape index (κ3) is 2.06. The van der Waals surface area contributed by atoms with Gasteiger partial charge in [-0.25, -0.2) is 0 Å². The third-order valence-corrected chi connectivity index (χ3v) is 3.01.